The monoisotopic (exact) mass is 357 g/mol. The van der Waals surface area contributed by atoms with Gasteiger partial charge in [-0.1, -0.05) is 56.9 Å². The van der Waals surface area contributed by atoms with E-state index in [9.17, 15) is 0 Å². The van der Waals surface area contributed by atoms with Crippen molar-refractivity contribution in [3.8, 4) is 0 Å². The third-order valence-electron chi connectivity index (χ3n) is 3.74. The van der Waals surface area contributed by atoms with Crippen molar-refractivity contribution in [3.05, 3.63) is 46.1 Å². The van der Waals surface area contributed by atoms with Crippen LogP contribution in [0.5, 0.6) is 0 Å². The van der Waals surface area contributed by atoms with Crippen LogP contribution in [0.15, 0.2) is 23.8 Å². The summed E-state index contributed by atoms with van der Waals surface area (Å²) < 4.78 is 0. The maximum Gasteiger partial charge on any atom is 3.00 e. The Morgan fingerprint density at radius 2 is 1.63 bits per heavy atom. The standard InChI is InChI=1S/C14H23P.3CH3.Zr/c1-14(2,12-8-6-7-9-12)15-13-10-4-3-5-11-13;;;;/h6-8,13,15H,3-5,9-11H2,1-2H3;3*1H3;/q;3*-1;+3. The molecule has 1 fully saturated rings. The first-order valence-corrected chi connectivity index (χ1v) is 7.40. The van der Waals surface area contributed by atoms with Crippen LogP contribution in [0.2, 0.25) is 0 Å². The van der Waals surface area contributed by atoms with Gasteiger partial charge in [-0.15, -0.1) is 8.58 Å². The van der Waals surface area contributed by atoms with Gasteiger partial charge < -0.3 is 22.3 Å². The first-order chi connectivity index (χ1) is 7.18. The second-order valence-electron chi connectivity index (χ2n) is 5.43. The molecule has 0 N–H and O–H groups in total. The van der Waals surface area contributed by atoms with E-state index in [-0.39, 0.29) is 48.5 Å². The van der Waals surface area contributed by atoms with E-state index in [4.69, 9.17) is 0 Å². The molecule has 0 aliphatic heterocycles. The van der Waals surface area contributed by atoms with Crippen molar-refractivity contribution in [1.29, 1.82) is 0 Å². The van der Waals surface area contributed by atoms with Crippen molar-refractivity contribution in [2.75, 3.05) is 0 Å². The molecular formula is C17H32PZr. The fourth-order valence-corrected chi connectivity index (χ4v) is 4.85. The van der Waals surface area contributed by atoms with E-state index in [1.165, 1.54) is 38.5 Å². The quantitative estimate of drug-likeness (QED) is 0.428. The molecule has 0 saturated heterocycles. The Morgan fingerprint density at radius 1 is 1.05 bits per heavy atom. The number of hydrogen-bond acceptors (Lipinski definition) is 0. The molecule has 2 heteroatoms. The van der Waals surface area contributed by atoms with Crippen LogP contribution >= 0.6 is 8.58 Å². The molecule has 2 aliphatic rings. The Morgan fingerprint density at radius 3 is 2.11 bits per heavy atom. The fraction of sp³-hybridized carbons (Fsp3) is 0.588. The van der Waals surface area contributed by atoms with Gasteiger partial charge in [0, 0.05) is 5.16 Å². The van der Waals surface area contributed by atoms with Crippen LogP contribution in [-0.4, -0.2) is 10.8 Å². The zero-order valence-corrected chi connectivity index (χ0v) is 17.0. The van der Waals surface area contributed by atoms with Crippen LogP contribution in [0.4, 0.5) is 0 Å². The molecule has 19 heavy (non-hydrogen) atoms. The number of rotatable bonds is 3. The fourth-order valence-electron chi connectivity index (χ4n) is 2.76. The molecular weight excluding hydrogens is 326 g/mol. The van der Waals surface area contributed by atoms with E-state index in [0.717, 1.165) is 14.2 Å². The summed E-state index contributed by atoms with van der Waals surface area (Å²) in [7, 11) is 1.13. The second kappa shape index (κ2) is 11.5. The molecule has 1 unspecified atom stereocenters. The summed E-state index contributed by atoms with van der Waals surface area (Å²) in [6.45, 7) is 4.89. The van der Waals surface area contributed by atoms with Crippen molar-refractivity contribution >= 4 is 8.58 Å². The van der Waals surface area contributed by atoms with E-state index in [2.05, 4.69) is 32.1 Å². The Bertz CT molecular complexity index is 273. The first-order valence-electron chi connectivity index (χ1n) is 6.32. The van der Waals surface area contributed by atoms with Gasteiger partial charge in [-0.25, -0.2) is 0 Å². The Hall–Kier alpha value is 0.793. The summed E-state index contributed by atoms with van der Waals surface area (Å²) in [4.78, 5) is 0. The summed E-state index contributed by atoms with van der Waals surface area (Å²) in [6, 6.07) is 0. The molecule has 0 amide bonds. The third-order valence-corrected chi connectivity index (χ3v) is 5.77. The normalized spacial score (nSPS) is 18.9. The van der Waals surface area contributed by atoms with Crippen LogP contribution in [0.3, 0.4) is 0 Å². The molecule has 1 atom stereocenters. The van der Waals surface area contributed by atoms with Gasteiger partial charge >= 0.3 is 26.2 Å². The Balaban J connectivity index is -0.000000640. The largest absolute Gasteiger partial charge is 3.00 e. The van der Waals surface area contributed by atoms with Crippen molar-refractivity contribution in [2.24, 2.45) is 0 Å². The summed E-state index contributed by atoms with van der Waals surface area (Å²) in [5.74, 6) is 0. The average Bonchev–Trinajstić information content (AvgIpc) is 2.71. The minimum absolute atomic E-state index is 0. The smallest absolute Gasteiger partial charge is 0.358 e. The van der Waals surface area contributed by atoms with E-state index in [0.29, 0.717) is 5.16 Å². The van der Waals surface area contributed by atoms with Gasteiger partial charge in [0.25, 0.3) is 0 Å². The molecule has 0 heterocycles. The molecule has 0 bridgehead atoms. The first kappa shape index (κ1) is 24.8. The molecule has 1 saturated carbocycles. The van der Waals surface area contributed by atoms with E-state index < -0.39 is 0 Å². The zero-order valence-electron chi connectivity index (χ0n) is 13.6. The molecule has 109 valence electrons. The van der Waals surface area contributed by atoms with E-state index in [1.54, 1.807) is 5.57 Å². The number of hydrogen-bond donors (Lipinski definition) is 0. The summed E-state index contributed by atoms with van der Waals surface area (Å²) >= 11 is 0. The molecule has 0 nitrogen and oxygen atoms in total. The van der Waals surface area contributed by atoms with Gasteiger partial charge in [-0.3, -0.25) is 0 Å². The van der Waals surface area contributed by atoms with Crippen LogP contribution in [0, 0.1) is 22.3 Å². The molecule has 0 aromatic rings. The minimum atomic E-state index is 0. The molecule has 2 aliphatic carbocycles. The summed E-state index contributed by atoms with van der Waals surface area (Å²) in [6.07, 6.45) is 15.5. The Labute approximate surface area is 143 Å². The predicted molar refractivity (Wildman–Crippen MR) is 90.3 cm³/mol. The zero-order chi connectivity index (χ0) is 10.7. The van der Waals surface area contributed by atoms with Crippen LogP contribution in [0.1, 0.15) is 52.4 Å². The van der Waals surface area contributed by atoms with Gasteiger partial charge in [0.15, 0.2) is 0 Å². The maximum atomic E-state index is 2.44. The van der Waals surface area contributed by atoms with Gasteiger partial charge in [-0.05, 0) is 24.9 Å². The average molecular weight is 359 g/mol. The topological polar surface area (TPSA) is 0 Å². The SMILES string of the molecule is CC(C)(PC1CCCCC1)C1=CC=CC1.[CH3-].[CH3-].[CH3-].[Zr+3]. The predicted octanol–water partition coefficient (Wildman–Crippen LogP) is 6.01. The van der Waals surface area contributed by atoms with E-state index >= 15 is 0 Å². The van der Waals surface area contributed by atoms with Crippen LogP contribution in [-0.2, 0) is 26.2 Å². The minimum Gasteiger partial charge on any atom is -0.358 e. The molecule has 0 aromatic heterocycles. The number of allylic oxidation sites excluding steroid dienone is 4. The third kappa shape index (κ3) is 7.38. The van der Waals surface area contributed by atoms with Gasteiger partial charge in [0.05, 0.1) is 0 Å². The molecule has 0 aromatic carbocycles. The van der Waals surface area contributed by atoms with E-state index in [1.807, 2.05) is 0 Å². The second-order valence-corrected chi connectivity index (χ2v) is 7.78. The van der Waals surface area contributed by atoms with Gasteiger partial charge in [0.2, 0.25) is 0 Å². The summed E-state index contributed by atoms with van der Waals surface area (Å²) in [5, 5.41) is 0.464. The van der Waals surface area contributed by atoms with Crippen molar-refractivity contribution in [3.63, 3.8) is 0 Å². The van der Waals surface area contributed by atoms with Gasteiger partial charge in [0.1, 0.15) is 0 Å². The van der Waals surface area contributed by atoms with Crippen molar-refractivity contribution in [2.45, 2.75) is 63.2 Å². The maximum absolute atomic E-state index is 2.44. The molecule has 2 rings (SSSR count). The van der Waals surface area contributed by atoms with Gasteiger partial charge in [-0.2, -0.15) is 0 Å². The van der Waals surface area contributed by atoms with Crippen molar-refractivity contribution in [1.82, 2.24) is 0 Å². The summed E-state index contributed by atoms with van der Waals surface area (Å²) in [5.41, 5.74) is 2.68. The van der Waals surface area contributed by atoms with Crippen LogP contribution in [0.25, 0.3) is 0 Å². The Kier molecular flexibility index (Phi) is 14.9. The van der Waals surface area contributed by atoms with Crippen LogP contribution < -0.4 is 0 Å². The molecule has 1 radical (unpaired) electrons. The molecule has 0 spiro atoms. The van der Waals surface area contributed by atoms with Crippen molar-refractivity contribution < 1.29 is 26.2 Å².